The highest BCUT2D eigenvalue weighted by molar-refractivity contribution is 8.00. The molecule has 3 aromatic heterocycles. The van der Waals surface area contributed by atoms with Crippen molar-refractivity contribution in [2.24, 2.45) is 5.92 Å². The van der Waals surface area contributed by atoms with Crippen LogP contribution >= 0.6 is 23.1 Å². The van der Waals surface area contributed by atoms with Crippen molar-refractivity contribution in [1.29, 1.82) is 0 Å². The Balaban J connectivity index is 1.66. The first-order valence-corrected chi connectivity index (χ1v) is 13.1. The number of carbonyl (C=O) groups is 1. The number of rotatable bonds is 6. The van der Waals surface area contributed by atoms with Gasteiger partial charge in [-0.15, -0.1) is 11.3 Å². The topological polar surface area (TPSA) is 68.3 Å². The molecule has 1 aliphatic carbocycles. The van der Waals surface area contributed by atoms with Crippen LogP contribution in [0.2, 0.25) is 0 Å². The number of furan rings is 1. The van der Waals surface area contributed by atoms with Crippen LogP contribution < -0.4 is 5.56 Å². The maximum absolute atomic E-state index is 13.9. The molecule has 3 heterocycles. The normalized spacial score (nSPS) is 16.4. The van der Waals surface area contributed by atoms with Crippen molar-refractivity contribution in [3.05, 3.63) is 80.8 Å². The summed E-state index contributed by atoms with van der Waals surface area (Å²) in [5, 5.41) is 0.751. The lowest BCUT2D eigenvalue weighted by Crippen LogP contribution is -2.29. The number of aryl methyl sites for hydroxylation is 1. The number of fused-ring (bicyclic) bond motifs is 3. The lowest BCUT2D eigenvalue weighted by atomic mass is 9.89. The first kappa shape index (κ1) is 22.9. The third-order valence-electron chi connectivity index (χ3n) is 6.26. The molecule has 0 fully saturated rings. The van der Waals surface area contributed by atoms with Crippen molar-refractivity contribution in [2.45, 2.75) is 43.1 Å². The Bertz CT molecular complexity index is 1370. The highest BCUT2D eigenvalue weighted by atomic mass is 32.2. The Hall–Kier alpha value is -2.84. The van der Waals surface area contributed by atoms with Crippen LogP contribution in [0.4, 0.5) is 0 Å². The van der Waals surface area contributed by atoms with E-state index in [1.165, 1.54) is 16.6 Å². The summed E-state index contributed by atoms with van der Waals surface area (Å²) in [5.41, 5.74) is 1.98. The fraction of sp³-hybridized carbons (Fsp3) is 0.346. The van der Waals surface area contributed by atoms with E-state index < -0.39 is 5.25 Å². The molecule has 34 heavy (non-hydrogen) atoms. The van der Waals surface area contributed by atoms with Gasteiger partial charge in [0.05, 0.1) is 18.2 Å². The fourth-order valence-electron chi connectivity index (χ4n) is 4.42. The van der Waals surface area contributed by atoms with E-state index in [2.05, 4.69) is 6.92 Å². The van der Waals surface area contributed by atoms with Gasteiger partial charge in [-0.05, 0) is 48.4 Å². The standard InChI is InChI=1S/C26H27N3O3S2/c1-16-11-12-19-20(14-16)33-23-21(19)24(30)29(15-18-10-7-13-32-18)26(27-23)34-22(25(31)28(2)3)17-8-5-4-6-9-17/h4-10,13,16,22H,11-12,14-15H2,1-3H3. The van der Waals surface area contributed by atoms with Crippen molar-refractivity contribution in [1.82, 2.24) is 14.5 Å². The number of thioether (sulfide) groups is 1. The van der Waals surface area contributed by atoms with E-state index in [-0.39, 0.29) is 18.0 Å². The molecule has 176 valence electrons. The van der Waals surface area contributed by atoms with Gasteiger partial charge in [0.15, 0.2) is 5.16 Å². The van der Waals surface area contributed by atoms with Gasteiger partial charge in [0, 0.05) is 19.0 Å². The van der Waals surface area contributed by atoms with E-state index in [0.29, 0.717) is 16.8 Å². The van der Waals surface area contributed by atoms with Crippen LogP contribution in [0.1, 0.15) is 40.4 Å². The summed E-state index contributed by atoms with van der Waals surface area (Å²) < 4.78 is 7.25. The van der Waals surface area contributed by atoms with Gasteiger partial charge in [-0.1, -0.05) is 49.0 Å². The summed E-state index contributed by atoms with van der Waals surface area (Å²) in [4.78, 5) is 35.7. The molecule has 2 atom stereocenters. The Morgan fingerprint density at radius 3 is 2.76 bits per heavy atom. The lowest BCUT2D eigenvalue weighted by Gasteiger charge is -2.21. The second-order valence-electron chi connectivity index (χ2n) is 9.04. The molecule has 0 spiro atoms. The summed E-state index contributed by atoms with van der Waals surface area (Å²) in [5.74, 6) is 1.24. The average Bonchev–Trinajstić information content (AvgIpc) is 3.46. The molecule has 1 amide bonds. The summed E-state index contributed by atoms with van der Waals surface area (Å²) in [6.45, 7) is 2.53. The van der Waals surface area contributed by atoms with Crippen molar-refractivity contribution in [2.75, 3.05) is 14.1 Å². The molecule has 6 nitrogen and oxygen atoms in total. The Kier molecular flexibility index (Phi) is 6.36. The van der Waals surface area contributed by atoms with Crippen molar-refractivity contribution in [3.8, 4) is 0 Å². The summed E-state index contributed by atoms with van der Waals surface area (Å²) in [6.07, 6.45) is 4.59. The van der Waals surface area contributed by atoms with Gasteiger partial charge in [-0.2, -0.15) is 0 Å². The largest absolute Gasteiger partial charge is 0.467 e. The first-order valence-electron chi connectivity index (χ1n) is 11.4. The summed E-state index contributed by atoms with van der Waals surface area (Å²) >= 11 is 2.96. The predicted octanol–water partition coefficient (Wildman–Crippen LogP) is 5.15. The van der Waals surface area contributed by atoms with Crippen LogP contribution in [0.5, 0.6) is 0 Å². The van der Waals surface area contributed by atoms with Gasteiger partial charge in [-0.25, -0.2) is 4.98 Å². The molecule has 4 aromatic rings. The van der Waals surface area contributed by atoms with Crippen LogP contribution in [0.3, 0.4) is 0 Å². The number of likely N-dealkylation sites (N-methyl/N-ethyl adjacent to an activating group) is 1. The number of amides is 1. The second kappa shape index (κ2) is 9.43. The molecule has 0 aliphatic heterocycles. The van der Waals surface area contributed by atoms with E-state index in [1.807, 2.05) is 42.5 Å². The van der Waals surface area contributed by atoms with Gasteiger partial charge in [0.1, 0.15) is 15.8 Å². The number of carbonyl (C=O) groups excluding carboxylic acids is 1. The van der Waals surface area contributed by atoms with E-state index in [4.69, 9.17) is 9.40 Å². The molecule has 1 aliphatic rings. The van der Waals surface area contributed by atoms with Crippen molar-refractivity contribution in [3.63, 3.8) is 0 Å². The fourth-order valence-corrected chi connectivity index (χ4v) is 7.09. The maximum atomic E-state index is 13.9. The Morgan fingerprint density at radius 1 is 1.26 bits per heavy atom. The summed E-state index contributed by atoms with van der Waals surface area (Å²) in [6, 6.07) is 13.3. The molecule has 0 bridgehead atoms. The molecule has 5 rings (SSSR count). The molecule has 1 aromatic carbocycles. The highest BCUT2D eigenvalue weighted by Gasteiger charge is 2.29. The monoisotopic (exact) mass is 493 g/mol. The molecule has 0 saturated carbocycles. The minimum absolute atomic E-state index is 0.0469. The first-order chi connectivity index (χ1) is 16.4. The molecule has 8 heteroatoms. The smallest absolute Gasteiger partial charge is 0.263 e. The van der Waals surface area contributed by atoms with E-state index in [9.17, 15) is 9.59 Å². The molecular weight excluding hydrogens is 466 g/mol. The molecule has 2 unspecified atom stereocenters. The van der Waals surface area contributed by atoms with E-state index in [0.717, 1.165) is 40.6 Å². The molecule has 0 N–H and O–H groups in total. The van der Waals surface area contributed by atoms with Gasteiger partial charge in [0.2, 0.25) is 5.91 Å². The quantitative estimate of drug-likeness (QED) is 0.275. The molecule has 0 saturated heterocycles. The Morgan fingerprint density at radius 2 is 2.06 bits per heavy atom. The van der Waals surface area contributed by atoms with E-state index >= 15 is 0 Å². The molecule has 0 radical (unpaired) electrons. The van der Waals surface area contributed by atoms with Gasteiger partial charge < -0.3 is 9.32 Å². The highest BCUT2D eigenvalue weighted by Crippen LogP contribution is 2.39. The SMILES string of the molecule is CC1CCc2c(sc3nc(SC(C(=O)N(C)C)c4ccccc4)n(Cc4ccco4)c(=O)c23)C1. The van der Waals surface area contributed by atoms with Crippen molar-refractivity contribution < 1.29 is 9.21 Å². The van der Waals surface area contributed by atoms with Gasteiger partial charge in [-0.3, -0.25) is 14.2 Å². The van der Waals surface area contributed by atoms with Crippen LogP contribution in [0, 0.1) is 5.92 Å². The maximum Gasteiger partial charge on any atom is 0.263 e. The number of nitrogens with zero attached hydrogens (tertiary/aromatic N) is 3. The van der Waals surface area contributed by atoms with Crippen LogP contribution in [0.25, 0.3) is 10.2 Å². The zero-order valence-electron chi connectivity index (χ0n) is 19.5. The van der Waals surface area contributed by atoms with Crippen molar-refractivity contribution >= 4 is 39.2 Å². The van der Waals surface area contributed by atoms with Crippen LogP contribution in [0.15, 0.2) is 63.1 Å². The summed E-state index contributed by atoms with van der Waals surface area (Å²) in [7, 11) is 3.50. The predicted molar refractivity (Wildman–Crippen MR) is 137 cm³/mol. The van der Waals surface area contributed by atoms with Gasteiger partial charge >= 0.3 is 0 Å². The lowest BCUT2D eigenvalue weighted by molar-refractivity contribution is -0.128. The average molecular weight is 494 g/mol. The van der Waals surface area contributed by atoms with Crippen LogP contribution in [-0.2, 0) is 24.2 Å². The zero-order chi connectivity index (χ0) is 23.8. The minimum Gasteiger partial charge on any atom is -0.467 e. The number of hydrogen-bond acceptors (Lipinski definition) is 6. The van der Waals surface area contributed by atoms with Gasteiger partial charge in [0.25, 0.3) is 5.56 Å². The third kappa shape index (κ3) is 4.32. The van der Waals surface area contributed by atoms with Crippen LogP contribution in [-0.4, -0.2) is 34.5 Å². The minimum atomic E-state index is -0.516. The van der Waals surface area contributed by atoms with E-state index in [1.54, 1.807) is 41.2 Å². The second-order valence-corrected chi connectivity index (χ2v) is 11.2. The zero-order valence-corrected chi connectivity index (χ0v) is 21.1. The number of thiophene rings is 1. The third-order valence-corrected chi connectivity index (χ3v) is 8.65. The Labute approximate surface area is 206 Å². The number of hydrogen-bond donors (Lipinski definition) is 0. The number of benzene rings is 1. The number of aromatic nitrogens is 2. The molecular formula is C26H27N3O3S2.